The van der Waals surface area contributed by atoms with Crippen LogP contribution in [0.1, 0.15) is 28.8 Å². The van der Waals surface area contributed by atoms with Gasteiger partial charge in [0.15, 0.2) is 0 Å². The molecule has 0 aliphatic carbocycles. The zero-order valence-corrected chi connectivity index (χ0v) is 18.3. The van der Waals surface area contributed by atoms with Crippen molar-refractivity contribution < 1.29 is 22.7 Å². The van der Waals surface area contributed by atoms with E-state index in [1.165, 1.54) is 4.31 Å². The van der Waals surface area contributed by atoms with Crippen molar-refractivity contribution in [3.05, 3.63) is 65.7 Å². The topological polar surface area (TPSA) is 76.2 Å². The van der Waals surface area contributed by atoms with Crippen molar-refractivity contribution >= 4 is 15.9 Å². The highest BCUT2D eigenvalue weighted by Gasteiger charge is 2.29. The van der Waals surface area contributed by atoms with Crippen LogP contribution in [0.25, 0.3) is 0 Å². The Morgan fingerprint density at radius 3 is 2.35 bits per heavy atom. The number of rotatable bonds is 7. The Morgan fingerprint density at radius 2 is 1.71 bits per heavy atom. The van der Waals surface area contributed by atoms with Crippen molar-refractivity contribution in [2.45, 2.75) is 24.7 Å². The molecule has 31 heavy (non-hydrogen) atoms. The summed E-state index contributed by atoms with van der Waals surface area (Å²) in [6.45, 7) is 2.69. The Bertz CT molecular complexity index is 965. The number of carbonyl (C=O) groups is 1. The Kier molecular flexibility index (Phi) is 6.89. The van der Waals surface area contributed by atoms with Crippen molar-refractivity contribution in [3.8, 4) is 5.75 Å². The molecule has 0 radical (unpaired) electrons. The number of amides is 1. The van der Waals surface area contributed by atoms with Gasteiger partial charge in [0.05, 0.1) is 11.9 Å². The summed E-state index contributed by atoms with van der Waals surface area (Å²) in [7, 11) is -3.40. The summed E-state index contributed by atoms with van der Waals surface area (Å²) < 4.78 is 38.2. The van der Waals surface area contributed by atoms with Crippen LogP contribution < -0.4 is 4.74 Å². The van der Waals surface area contributed by atoms with Crippen LogP contribution in [0.3, 0.4) is 0 Å². The first kappa shape index (κ1) is 21.8. The summed E-state index contributed by atoms with van der Waals surface area (Å²) in [6.07, 6.45) is 2.24. The number of nitrogens with zero attached hydrogens (tertiary/aromatic N) is 2. The first-order valence-corrected chi connectivity index (χ1v) is 12.3. The zero-order valence-electron chi connectivity index (χ0n) is 17.5. The lowest BCUT2D eigenvalue weighted by Crippen LogP contribution is -2.50. The van der Waals surface area contributed by atoms with Gasteiger partial charge < -0.3 is 14.4 Å². The summed E-state index contributed by atoms with van der Waals surface area (Å²) >= 11 is 0. The van der Waals surface area contributed by atoms with Crippen molar-refractivity contribution in [3.63, 3.8) is 0 Å². The van der Waals surface area contributed by atoms with Crippen LogP contribution in [0.4, 0.5) is 0 Å². The molecule has 7 nitrogen and oxygen atoms in total. The number of carbonyl (C=O) groups excluding carboxylic acids is 1. The minimum atomic E-state index is -3.40. The van der Waals surface area contributed by atoms with Gasteiger partial charge in [-0.05, 0) is 42.7 Å². The minimum absolute atomic E-state index is 0.0187. The molecular weight excluding hydrogens is 416 g/mol. The van der Waals surface area contributed by atoms with E-state index in [0.29, 0.717) is 44.1 Å². The zero-order chi connectivity index (χ0) is 21.7. The highest BCUT2D eigenvalue weighted by Crippen LogP contribution is 2.19. The fraction of sp³-hybridized carbons (Fsp3) is 0.435. The lowest BCUT2D eigenvalue weighted by atomic mass is 10.2. The van der Waals surface area contributed by atoms with E-state index in [1.807, 2.05) is 30.3 Å². The number of benzene rings is 2. The molecule has 1 atom stereocenters. The second kappa shape index (κ2) is 9.80. The average molecular weight is 445 g/mol. The molecular formula is C23H28N2O5S. The lowest BCUT2D eigenvalue weighted by Gasteiger charge is -2.34. The van der Waals surface area contributed by atoms with Crippen LogP contribution in [0.2, 0.25) is 0 Å². The maximum Gasteiger partial charge on any atom is 0.253 e. The summed E-state index contributed by atoms with van der Waals surface area (Å²) in [5.74, 6) is 0.601. The van der Waals surface area contributed by atoms with E-state index >= 15 is 0 Å². The number of sulfonamides is 1. The Balaban J connectivity index is 1.28. The highest BCUT2D eigenvalue weighted by molar-refractivity contribution is 7.88. The molecule has 1 unspecified atom stereocenters. The van der Waals surface area contributed by atoms with Gasteiger partial charge in [-0.3, -0.25) is 4.79 Å². The van der Waals surface area contributed by atoms with E-state index in [0.717, 1.165) is 25.0 Å². The van der Waals surface area contributed by atoms with Crippen LogP contribution in [0.5, 0.6) is 5.75 Å². The van der Waals surface area contributed by atoms with Gasteiger partial charge in [-0.15, -0.1) is 0 Å². The van der Waals surface area contributed by atoms with Gasteiger partial charge in [0.2, 0.25) is 10.0 Å². The molecule has 2 aromatic carbocycles. The quantitative estimate of drug-likeness (QED) is 0.656. The Labute approximate surface area is 183 Å². The molecule has 166 valence electrons. The van der Waals surface area contributed by atoms with Gasteiger partial charge in [0.25, 0.3) is 5.91 Å². The Hall–Kier alpha value is -2.42. The van der Waals surface area contributed by atoms with E-state index < -0.39 is 10.0 Å². The number of piperazine rings is 1. The Morgan fingerprint density at radius 1 is 1.00 bits per heavy atom. The molecule has 0 aromatic heterocycles. The van der Waals surface area contributed by atoms with Gasteiger partial charge in [0.1, 0.15) is 12.4 Å². The largest absolute Gasteiger partial charge is 0.491 e. The summed E-state index contributed by atoms with van der Waals surface area (Å²) in [6, 6.07) is 16.3. The third-order valence-electron chi connectivity index (χ3n) is 5.67. The highest BCUT2D eigenvalue weighted by atomic mass is 32.2. The molecule has 0 spiro atoms. The number of hydrogen-bond donors (Lipinski definition) is 0. The molecule has 0 saturated carbocycles. The molecule has 2 aliphatic heterocycles. The third kappa shape index (κ3) is 5.64. The van der Waals surface area contributed by atoms with Gasteiger partial charge >= 0.3 is 0 Å². The maximum absolute atomic E-state index is 12.8. The maximum atomic E-state index is 12.8. The number of hydrogen-bond acceptors (Lipinski definition) is 5. The first-order valence-electron chi connectivity index (χ1n) is 10.7. The van der Waals surface area contributed by atoms with Crippen LogP contribution in [0, 0.1) is 0 Å². The minimum Gasteiger partial charge on any atom is -0.491 e. The fourth-order valence-electron chi connectivity index (χ4n) is 3.89. The summed E-state index contributed by atoms with van der Waals surface area (Å²) in [5, 5.41) is 0. The van der Waals surface area contributed by atoms with E-state index in [9.17, 15) is 13.2 Å². The summed E-state index contributed by atoms with van der Waals surface area (Å²) in [4.78, 5) is 14.5. The first-order chi connectivity index (χ1) is 15.0. The van der Waals surface area contributed by atoms with Crippen molar-refractivity contribution in [1.29, 1.82) is 0 Å². The van der Waals surface area contributed by atoms with Crippen molar-refractivity contribution in [2.75, 3.05) is 39.4 Å². The molecule has 1 amide bonds. The monoisotopic (exact) mass is 444 g/mol. The molecule has 2 saturated heterocycles. The van der Waals surface area contributed by atoms with E-state index in [2.05, 4.69) is 0 Å². The molecule has 2 heterocycles. The predicted molar refractivity (Wildman–Crippen MR) is 117 cm³/mol. The molecule has 0 bridgehead atoms. The average Bonchev–Trinajstić information content (AvgIpc) is 3.32. The SMILES string of the molecule is O=C(c1ccc(OCC2CCCO2)cc1)N1CCN(S(=O)(=O)Cc2ccccc2)CC1. The molecule has 2 aliphatic rings. The second-order valence-corrected chi connectivity index (χ2v) is 9.87. The molecule has 2 fully saturated rings. The van der Waals surface area contributed by atoms with Crippen LogP contribution in [-0.4, -0.2) is 69.0 Å². The summed E-state index contributed by atoms with van der Waals surface area (Å²) in [5.41, 5.74) is 1.34. The van der Waals surface area contributed by atoms with Crippen molar-refractivity contribution in [2.24, 2.45) is 0 Å². The predicted octanol–water partition coefficient (Wildman–Crippen LogP) is 2.53. The van der Waals surface area contributed by atoms with Crippen LogP contribution >= 0.6 is 0 Å². The fourth-order valence-corrected chi connectivity index (χ4v) is 5.40. The van der Waals surface area contributed by atoms with Crippen LogP contribution in [-0.2, 0) is 20.5 Å². The lowest BCUT2D eigenvalue weighted by molar-refractivity contribution is 0.0676. The van der Waals surface area contributed by atoms with E-state index in [4.69, 9.17) is 9.47 Å². The van der Waals surface area contributed by atoms with E-state index in [1.54, 1.807) is 29.2 Å². The second-order valence-electron chi connectivity index (χ2n) is 7.90. The smallest absolute Gasteiger partial charge is 0.253 e. The van der Waals surface area contributed by atoms with Gasteiger partial charge in [-0.2, -0.15) is 4.31 Å². The molecule has 2 aromatic rings. The van der Waals surface area contributed by atoms with Gasteiger partial charge in [-0.1, -0.05) is 30.3 Å². The third-order valence-corrected chi connectivity index (χ3v) is 7.52. The molecule has 0 N–H and O–H groups in total. The van der Waals surface area contributed by atoms with Crippen LogP contribution in [0.15, 0.2) is 54.6 Å². The van der Waals surface area contributed by atoms with Gasteiger partial charge in [0, 0.05) is 38.3 Å². The van der Waals surface area contributed by atoms with E-state index in [-0.39, 0.29) is 17.8 Å². The molecule has 4 rings (SSSR count). The standard InChI is InChI=1S/C23H28N2O5S/c26-23(20-8-10-21(11-9-20)30-17-22-7-4-16-29-22)24-12-14-25(15-13-24)31(27,28)18-19-5-2-1-3-6-19/h1-3,5-6,8-11,22H,4,7,12-18H2. The molecule has 8 heteroatoms. The normalized spacial score (nSPS) is 20.0. The number of ether oxygens (including phenoxy) is 2. The van der Waals surface area contributed by atoms with Crippen molar-refractivity contribution in [1.82, 2.24) is 9.21 Å². The van der Waals surface area contributed by atoms with Gasteiger partial charge in [-0.25, -0.2) is 8.42 Å².